The zero-order valence-corrected chi connectivity index (χ0v) is 14.2. The minimum atomic E-state index is 0.682. The number of pyridine rings is 1. The van der Waals surface area contributed by atoms with E-state index < -0.39 is 0 Å². The summed E-state index contributed by atoms with van der Waals surface area (Å²) < 4.78 is 0. The summed E-state index contributed by atoms with van der Waals surface area (Å²) in [6.07, 6.45) is 4.85. The summed E-state index contributed by atoms with van der Waals surface area (Å²) in [5, 5.41) is 3.55. The van der Waals surface area contributed by atoms with Gasteiger partial charge in [0.1, 0.15) is 5.82 Å². The van der Waals surface area contributed by atoms with Crippen LogP contribution in [0.3, 0.4) is 0 Å². The lowest BCUT2D eigenvalue weighted by atomic mass is 10.1. The molecule has 2 heterocycles. The van der Waals surface area contributed by atoms with Crippen LogP contribution < -0.4 is 10.2 Å². The third-order valence-corrected chi connectivity index (χ3v) is 4.31. The van der Waals surface area contributed by atoms with Crippen molar-refractivity contribution >= 4 is 5.82 Å². The highest BCUT2D eigenvalue weighted by atomic mass is 15.2. The summed E-state index contributed by atoms with van der Waals surface area (Å²) in [7, 11) is 0. The molecule has 118 valence electrons. The Balaban J connectivity index is 2.13. The van der Waals surface area contributed by atoms with Gasteiger partial charge < -0.3 is 10.2 Å². The van der Waals surface area contributed by atoms with Gasteiger partial charge in [0, 0.05) is 24.8 Å². The van der Waals surface area contributed by atoms with Crippen molar-refractivity contribution in [2.24, 2.45) is 5.92 Å². The zero-order chi connectivity index (χ0) is 15.2. The van der Waals surface area contributed by atoms with E-state index in [1.165, 1.54) is 36.3 Å². The maximum Gasteiger partial charge on any atom is 0.129 e. The molecule has 1 aliphatic heterocycles. The van der Waals surface area contributed by atoms with Crippen molar-refractivity contribution in [3.05, 3.63) is 23.4 Å². The van der Waals surface area contributed by atoms with Crippen molar-refractivity contribution in [3.63, 3.8) is 0 Å². The molecule has 3 nitrogen and oxygen atoms in total. The number of hydrogen-bond donors (Lipinski definition) is 1. The van der Waals surface area contributed by atoms with Gasteiger partial charge in [-0.15, -0.1) is 0 Å². The average Bonchev–Trinajstić information content (AvgIpc) is 2.95. The highest BCUT2D eigenvalue weighted by Crippen LogP contribution is 2.27. The molecule has 3 heteroatoms. The summed E-state index contributed by atoms with van der Waals surface area (Å²) in [6.45, 7) is 12.2. The molecule has 1 aliphatic rings. The molecule has 0 radical (unpaired) electrons. The van der Waals surface area contributed by atoms with E-state index in [1.807, 2.05) is 0 Å². The van der Waals surface area contributed by atoms with Crippen molar-refractivity contribution in [1.29, 1.82) is 0 Å². The fraction of sp³-hybridized carbons (Fsp3) is 0.722. The number of nitrogens with one attached hydrogen (secondary N) is 1. The Morgan fingerprint density at radius 1 is 1.33 bits per heavy atom. The number of anilines is 1. The predicted octanol–water partition coefficient (Wildman–Crippen LogP) is 3.77. The van der Waals surface area contributed by atoms with E-state index in [-0.39, 0.29) is 0 Å². The molecule has 1 saturated heterocycles. The minimum absolute atomic E-state index is 0.682. The lowest BCUT2D eigenvalue weighted by molar-refractivity contribution is 0.551. The molecule has 0 saturated carbocycles. The maximum atomic E-state index is 4.87. The molecule has 1 unspecified atom stereocenters. The molecule has 1 fully saturated rings. The monoisotopic (exact) mass is 289 g/mol. The number of hydrogen-bond acceptors (Lipinski definition) is 3. The molecule has 2 rings (SSSR count). The minimum Gasteiger partial charge on any atom is -0.354 e. The summed E-state index contributed by atoms with van der Waals surface area (Å²) >= 11 is 0. The second-order valence-electron chi connectivity index (χ2n) is 6.60. The first-order valence-electron chi connectivity index (χ1n) is 8.61. The van der Waals surface area contributed by atoms with Crippen LogP contribution in [0.25, 0.3) is 0 Å². The fourth-order valence-electron chi connectivity index (χ4n) is 3.13. The molecule has 0 bridgehead atoms. The van der Waals surface area contributed by atoms with Gasteiger partial charge in [-0.1, -0.05) is 27.7 Å². The highest BCUT2D eigenvalue weighted by molar-refractivity contribution is 5.45. The largest absolute Gasteiger partial charge is 0.354 e. The van der Waals surface area contributed by atoms with Gasteiger partial charge in [0.25, 0.3) is 0 Å². The molecular formula is C18H31N3. The number of rotatable bonds is 7. The molecule has 21 heavy (non-hydrogen) atoms. The van der Waals surface area contributed by atoms with Gasteiger partial charge in [0.2, 0.25) is 0 Å². The highest BCUT2D eigenvalue weighted by Gasteiger charge is 2.24. The van der Waals surface area contributed by atoms with Gasteiger partial charge in [0.05, 0.1) is 0 Å². The zero-order valence-electron chi connectivity index (χ0n) is 14.2. The molecule has 0 spiro atoms. The van der Waals surface area contributed by atoms with Crippen LogP contribution in [0, 0.1) is 5.92 Å². The van der Waals surface area contributed by atoms with Crippen LogP contribution in [-0.2, 0) is 13.0 Å². The van der Waals surface area contributed by atoms with E-state index in [4.69, 9.17) is 4.98 Å². The second-order valence-corrected chi connectivity index (χ2v) is 6.60. The molecule has 1 aromatic rings. The van der Waals surface area contributed by atoms with Crippen molar-refractivity contribution in [1.82, 2.24) is 10.3 Å². The van der Waals surface area contributed by atoms with Gasteiger partial charge >= 0.3 is 0 Å². The lowest BCUT2D eigenvalue weighted by Crippen LogP contribution is -2.29. The Morgan fingerprint density at radius 3 is 2.81 bits per heavy atom. The van der Waals surface area contributed by atoms with E-state index in [1.54, 1.807) is 0 Å². The molecule has 0 amide bonds. The summed E-state index contributed by atoms with van der Waals surface area (Å²) in [5.74, 6) is 1.89. The van der Waals surface area contributed by atoms with Crippen LogP contribution in [0.2, 0.25) is 0 Å². The first kappa shape index (κ1) is 16.3. The van der Waals surface area contributed by atoms with Crippen molar-refractivity contribution < 1.29 is 0 Å². The first-order chi connectivity index (χ1) is 10.1. The molecule has 1 aromatic heterocycles. The van der Waals surface area contributed by atoms with Crippen LogP contribution in [0.15, 0.2) is 12.1 Å². The van der Waals surface area contributed by atoms with Crippen LogP contribution in [-0.4, -0.2) is 24.1 Å². The molecule has 0 aromatic carbocycles. The van der Waals surface area contributed by atoms with Crippen molar-refractivity contribution in [2.75, 3.05) is 18.0 Å². The standard InChI is InChI=1S/C18H31N3/c1-5-16-10-15(13-19-12-14(3)4)11-18(20-16)21-9-7-8-17(21)6-2/h10-11,14,17,19H,5-9,12-13H2,1-4H3. The van der Waals surface area contributed by atoms with Gasteiger partial charge in [-0.25, -0.2) is 4.98 Å². The Morgan fingerprint density at radius 2 is 2.14 bits per heavy atom. The molecule has 1 atom stereocenters. The normalized spacial score (nSPS) is 18.7. The average molecular weight is 289 g/mol. The second kappa shape index (κ2) is 7.79. The first-order valence-corrected chi connectivity index (χ1v) is 8.61. The third kappa shape index (κ3) is 4.44. The van der Waals surface area contributed by atoms with E-state index in [2.05, 4.69) is 50.0 Å². The quantitative estimate of drug-likeness (QED) is 0.828. The third-order valence-electron chi connectivity index (χ3n) is 4.31. The Labute approximate surface area is 130 Å². The molecular weight excluding hydrogens is 258 g/mol. The van der Waals surface area contributed by atoms with Gasteiger partial charge in [-0.2, -0.15) is 0 Å². The number of nitrogens with zero attached hydrogens (tertiary/aromatic N) is 2. The topological polar surface area (TPSA) is 28.2 Å². The predicted molar refractivity (Wildman–Crippen MR) is 90.8 cm³/mol. The van der Waals surface area contributed by atoms with E-state index in [0.717, 1.165) is 26.1 Å². The van der Waals surface area contributed by atoms with E-state index >= 15 is 0 Å². The van der Waals surface area contributed by atoms with E-state index in [0.29, 0.717) is 12.0 Å². The van der Waals surface area contributed by atoms with Crippen LogP contribution in [0.5, 0.6) is 0 Å². The fourth-order valence-corrected chi connectivity index (χ4v) is 3.13. The summed E-state index contributed by atoms with van der Waals surface area (Å²) in [4.78, 5) is 7.39. The van der Waals surface area contributed by atoms with Crippen LogP contribution in [0.1, 0.15) is 58.2 Å². The van der Waals surface area contributed by atoms with Gasteiger partial charge in [0.15, 0.2) is 0 Å². The van der Waals surface area contributed by atoms with E-state index in [9.17, 15) is 0 Å². The lowest BCUT2D eigenvalue weighted by Gasteiger charge is -2.26. The number of aryl methyl sites for hydroxylation is 1. The Hall–Kier alpha value is -1.09. The Kier molecular flexibility index (Phi) is 6.04. The van der Waals surface area contributed by atoms with Crippen molar-refractivity contribution in [2.45, 2.75) is 66.0 Å². The number of aromatic nitrogens is 1. The van der Waals surface area contributed by atoms with Crippen molar-refractivity contribution in [3.8, 4) is 0 Å². The summed E-state index contributed by atoms with van der Waals surface area (Å²) in [6, 6.07) is 5.23. The van der Waals surface area contributed by atoms with Crippen LogP contribution >= 0.6 is 0 Å². The van der Waals surface area contributed by atoms with Gasteiger partial charge in [-0.3, -0.25) is 0 Å². The van der Waals surface area contributed by atoms with Gasteiger partial charge in [-0.05, 0) is 55.8 Å². The molecule has 0 aliphatic carbocycles. The Bertz CT molecular complexity index is 442. The van der Waals surface area contributed by atoms with Crippen LogP contribution in [0.4, 0.5) is 5.82 Å². The smallest absolute Gasteiger partial charge is 0.129 e. The molecule has 1 N–H and O–H groups in total. The summed E-state index contributed by atoms with van der Waals surface area (Å²) in [5.41, 5.74) is 2.59. The SMILES string of the molecule is CCc1cc(CNCC(C)C)cc(N2CCCC2CC)n1. The maximum absolute atomic E-state index is 4.87.